The molecule has 0 bridgehead atoms. The van der Waals surface area contributed by atoms with Crippen molar-refractivity contribution in [2.45, 2.75) is 0 Å². The van der Waals surface area contributed by atoms with Crippen molar-refractivity contribution in [1.82, 2.24) is 9.97 Å². The van der Waals surface area contributed by atoms with Crippen molar-refractivity contribution in [3.63, 3.8) is 0 Å². The van der Waals surface area contributed by atoms with Crippen LogP contribution in [-0.2, 0) is 0 Å². The third-order valence-electron chi connectivity index (χ3n) is 1.14. The van der Waals surface area contributed by atoms with Gasteiger partial charge in [0, 0.05) is 18.6 Å². The molecule has 6 nitrogen and oxygen atoms in total. The summed E-state index contributed by atoms with van der Waals surface area (Å²) in [5.74, 6) is -1.06. The Labute approximate surface area is 124 Å². The van der Waals surface area contributed by atoms with Crippen LogP contribution in [0.1, 0.15) is 12.0 Å². The third-order valence-corrected chi connectivity index (χ3v) is 1.14. The predicted molar refractivity (Wildman–Crippen MR) is 48.5 cm³/mol. The Morgan fingerprint density at radius 3 is 2.64 bits per heavy atom. The Kier molecular flexibility index (Phi) is 7.81. The Balaban J connectivity index is 0. The van der Waals surface area contributed by atoms with Crippen LogP contribution in [0, 0.1) is 0 Å². The minimum atomic E-state index is -1.03. The van der Waals surface area contributed by atoms with E-state index in [4.69, 9.17) is 5.11 Å². The van der Waals surface area contributed by atoms with E-state index in [1.165, 1.54) is 12.4 Å². The standard InChI is InChI=1S/C4H4N2O2.C3H4N2.K.H/c7-4(8)3-5-1-2-6-3;1-2-5-3-4-1;;/h1-2H,(H,5,6)(H,7,8);1,3H,2H2;;/q;;+1;-1. The summed E-state index contributed by atoms with van der Waals surface area (Å²) < 4.78 is 0. The molecule has 1 aromatic rings. The van der Waals surface area contributed by atoms with Gasteiger partial charge < -0.3 is 11.5 Å². The fourth-order valence-electron chi connectivity index (χ4n) is 0.618. The molecule has 14 heavy (non-hydrogen) atoms. The summed E-state index contributed by atoms with van der Waals surface area (Å²) in [5.41, 5.74) is 0. The molecule has 1 aliphatic heterocycles. The van der Waals surface area contributed by atoms with Crippen LogP contribution in [0.2, 0.25) is 0 Å². The van der Waals surface area contributed by atoms with E-state index in [-0.39, 0.29) is 58.6 Å². The molecule has 70 valence electrons. The van der Waals surface area contributed by atoms with Crippen LogP contribution < -0.4 is 51.4 Å². The van der Waals surface area contributed by atoms with Gasteiger partial charge in [0.15, 0.2) is 0 Å². The van der Waals surface area contributed by atoms with Crippen LogP contribution in [0.15, 0.2) is 22.4 Å². The van der Waals surface area contributed by atoms with E-state index >= 15 is 0 Å². The van der Waals surface area contributed by atoms with E-state index in [9.17, 15) is 4.79 Å². The fraction of sp³-hybridized carbons (Fsp3) is 0.143. The first-order valence-corrected chi connectivity index (χ1v) is 3.53. The molecule has 1 aromatic heterocycles. The number of rotatable bonds is 1. The van der Waals surface area contributed by atoms with Gasteiger partial charge in [-0.05, 0) is 0 Å². The second kappa shape index (κ2) is 8.01. The zero-order valence-corrected chi connectivity index (χ0v) is 10.8. The Morgan fingerprint density at radius 2 is 2.43 bits per heavy atom. The predicted octanol–water partition coefficient (Wildman–Crippen LogP) is -2.68. The number of aliphatic imine (C=N–C) groups is 2. The number of hydrogen-bond donors (Lipinski definition) is 2. The van der Waals surface area contributed by atoms with Crippen LogP contribution in [0.5, 0.6) is 0 Å². The zero-order chi connectivity index (χ0) is 9.52. The maximum absolute atomic E-state index is 9.97. The third kappa shape index (κ3) is 5.40. The Bertz CT molecular complexity index is 316. The quantitative estimate of drug-likeness (QED) is 0.505. The van der Waals surface area contributed by atoms with Crippen molar-refractivity contribution < 1.29 is 62.7 Å². The van der Waals surface area contributed by atoms with E-state index in [1.807, 2.05) is 0 Å². The van der Waals surface area contributed by atoms with Gasteiger partial charge in [-0.2, -0.15) is 0 Å². The number of aromatic nitrogens is 2. The maximum Gasteiger partial charge on any atom is 1.00 e. The number of aromatic carboxylic acids is 1. The first kappa shape index (κ1) is 13.7. The molecule has 0 aliphatic carbocycles. The molecule has 0 spiro atoms. The van der Waals surface area contributed by atoms with E-state index in [0.29, 0.717) is 0 Å². The van der Waals surface area contributed by atoms with Crippen LogP contribution in [0.25, 0.3) is 0 Å². The molecule has 1 aliphatic rings. The second-order valence-corrected chi connectivity index (χ2v) is 2.06. The average Bonchev–Trinajstić information content (AvgIpc) is 2.82. The van der Waals surface area contributed by atoms with E-state index in [2.05, 4.69) is 20.0 Å². The molecule has 2 rings (SSSR count). The van der Waals surface area contributed by atoms with E-state index < -0.39 is 5.97 Å². The van der Waals surface area contributed by atoms with Gasteiger partial charge in [0.1, 0.15) is 6.34 Å². The van der Waals surface area contributed by atoms with Gasteiger partial charge in [-0.3, -0.25) is 4.99 Å². The monoisotopic (exact) mass is 220 g/mol. The van der Waals surface area contributed by atoms with Gasteiger partial charge in [0.25, 0.3) is 0 Å². The number of H-pyrrole nitrogens is 1. The molecule has 2 N–H and O–H groups in total. The minimum Gasteiger partial charge on any atom is -1.00 e. The summed E-state index contributed by atoms with van der Waals surface area (Å²) in [6, 6.07) is 0. The Morgan fingerprint density at radius 1 is 1.64 bits per heavy atom. The van der Waals surface area contributed by atoms with Crippen LogP contribution >= 0.6 is 0 Å². The number of carboxylic acids is 1. The molecular weight excluding hydrogens is 211 g/mol. The number of carboxylic acid groups (broad SMARTS) is 1. The summed E-state index contributed by atoms with van der Waals surface area (Å²) >= 11 is 0. The van der Waals surface area contributed by atoms with Gasteiger partial charge in [-0.1, -0.05) is 0 Å². The van der Waals surface area contributed by atoms with Gasteiger partial charge in [0.2, 0.25) is 5.82 Å². The molecule has 0 amide bonds. The van der Waals surface area contributed by atoms with E-state index in [1.54, 1.807) is 12.6 Å². The molecule has 7 heteroatoms. The molecule has 0 aromatic carbocycles. The second-order valence-electron chi connectivity index (χ2n) is 2.06. The largest absolute Gasteiger partial charge is 1.00 e. The first-order valence-electron chi connectivity index (χ1n) is 3.53. The maximum atomic E-state index is 9.97. The topological polar surface area (TPSA) is 90.7 Å². The normalized spacial score (nSPS) is 11.4. The molecule has 0 radical (unpaired) electrons. The average molecular weight is 220 g/mol. The smallest absolute Gasteiger partial charge is 1.00 e. The number of aromatic amines is 1. The summed E-state index contributed by atoms with van der Waals surface area (Å²) in [4.78, 5) is 23.3. The zero-order valence-electron chi connectivity index (χ0n) is 8.71. The van der Waals surface area contributed by atoms with Gasteiger partial charge in [0.05, 0.1) is 6.54 Å². The van der Waals surface area contributed by atoms with Crippen molar-refractivity contribution in [3.8, 4) is 0 Å². The van der Waals surface area contributed by atoms with Crippen LogP contribution in [0.3, 0.4) is 0 Å². The molecule has 2 heterocycles. The summed E-state index contributed by atoms with van der Waals surface area (Å²) in [7, 11) is 0. The van der Waals surface area contributed by atoms with Crippen LogP contribution in [-0.4, -0.2) is 40.1 Å². The summed E-state index contributed by atoms with van der Waals surface area (Å²) in [6.07, 6.45) is 6.17. The molecule has 0 fully saturated rings. The number of nitrogens with zero attached hydrogens (tertiary/aromatic N) is 3. The Hall–Kier alpha value is -0.344. The van der Waals surface area contributed by atoms with Gasteiger partial charge in [-0.15, -0.1) is 0 Å². The number of hydrogen-bond acceptors (Lipinski definition) is 4. The number of nitrogens with one attached hydrogen (secondary N) is 1. The SMILES string of the molecule is C1=NC=NC1.O=C(O)c1ncc[nH]1.[H-].[K+]. The molecule has 0 atom stereocenters. The molecular formula is C7H9KN4O2. The summed E-state index contributed by atoms with van der Waals surface area (Å²) in [5, 5.41) is 8.18. The molecule has 0 saturated carbocycles. The number of carbonyl (C=O) groups is 1. The van der Waals surface area contributed by atoms with Gasteiger partial charge in [-0.25, -0.2) is 14.8 Å². The number of imidazole rings is 1. The van der Waals surface area contributed by atoms with Gasteiger partial charge >= 0.3 is 57.4 Å². The van der Waals surface area contributed by atoms with Crippen molar-refractivity contribution in [3.05, 3.63) is 18.2 Å². The van der Waals surface area contributed by atoms with Crippen molar-refractivity contribution in [2.24, 2.45) is 9.98 Å². The fourth-order valence-corrected chi connectivity index (χ4v) is 0.618. The van der Waals surface area contributed by atoms with Crippen LogP contribution in [0.4, 0.5) is 0 Å². The molecule has 0 saturated heterocycles. The van der Waals surface area contributed by atoms with E-state index in [0.717, 1.165) is 6.54 Å². The summed E-state index contributed by atoms with van der Waals surface area (Å²) in [6.45, 7) is 0.778. The minimum absolute atomic E-state index is 0. The van der Waals surface area contributed by atoms with Crippen molar-refractivity contribution in [2.75, 3.05) is 6.54 Å². The van der Waals surface area contributed by atoms with Crippen molar-refractivity contribution in [1.29, 1.82) is 0 Å². The molecule has 0 unspecified atom stereocenters. The first-order chi connectivity index (χ1) is 6.30. The van der Waals surface area contributed by atoms with Crippen molar-refractivity contribution >= 4 is 18.5 Å².